The predicted octanol–water partition coefficient (Wildman–Crippen LogP) is -0.0806. The summed E-state index contributed by atoms with van der Waals surface area (Å²) in [7, 11) is 0. The molecule has 0 unspecified atom stereocenters. The summed E-state index contributed by atoms with van der Waals surface area (Å²) in [5, 5.41) is 0. The van der Waals surface area contributed by atoms with Crippen LogP contribution in [0.4, 0.5) is 0 Å². The van der Waals surface area contributed by atoms with E-state index in [1.54, 1.807) is 4.90 Å². The molecule has 1 rings (SSSR count). The molecule has 1 aliphatic rings. The van der Waals surface area contributed by atoms with Gasteiger partial charge in [0, 0.05) is 6.04 Å². The van der Waals surface area contributed by atoms with Gasteiger partial charge in [0.2, 0.25) is 0 Å². The molecule has 36 valence electrons. The minimum Gasteiger partial charge on any atom is -0.304 e. The second kappa shape index (κ2) is 1.27. The largest absolute Gasteiger partial charge is 0.304 e. The summed E-state index contributed by atoms with van der Waals surface area (Å²) in [5.41, 5.74) is 0. The zero-order valence-corrected chi connectivity index (χ0v) is 3.96. The fourth-order valence-corrected chi connectivity index (χ4v) is 0.424. The number of aliphatic imine (C=N–C) groups is 1. The van der Waals surface area contributed by atoms with Crippen molar-refractivity contribution < 1.29 is 0 Å². The fraction of sp³-hybridized carbons (Fsp3) is 0.400. The maximum absolute atomic E-state index is 4.99. The second-order valence-corrected chi connectivity index (χ2v) is 1.44. The minimum atomic E-state index is 0.227. The van der Waals surface area contributed by atoms with Gasteiger partial charge in [0.25, 0.3) is 0 Å². The first kappa shape index (κ1) is 4.20. The summed E-state index contributed by atoms with van der Waals surface area (Å²) in [6.07, 6.45) is 5.21. The molecule has 0 bridgehead atoms. The van der Waals surface area contributed by atoms with Crippen molar-refractivity contribution in [3.63, 3.8) is 0 Å². The molecule has 0 aromatic heterocycles. The molecule has 0 spiro atoms. The lowest BCUT2D eigenvalue weighted by molar-refractivity contribution is 0.727. The lowest BCUT2D eigenvalue weighted by Gasteiger charge is -1.81. The Morgan fingerprint density at radius 2 is 2.71 bits per heavy atom. The van der Waals surface area contributed by atoms with Crippen molar-refractivity contribution >= 4 is 6.72 Å². The third-order valence-electron chi connectivity index (χ3n) is 0.963. The van der Waals surface area contributed by atoms with E-state index in [1.165, 1.54) is 0 Å². The van der Waals surface area contributed by atoms with Gasteiger partial charge in [0.05, 0.1) is 6.54 Å². The smallest absolute Gasteiger partial charge is 0.145 e. The van der Waals surface area contributed by atoms with Crippen LogP contribution in [0.15, 0.2) is 4.99 Å². The van der Waals surface area contributed by atoms with Crippen LogP contribution < -0.4 is 0 Å². The Morgan fingerprint density at radius 3 is 2.86 bits per heavy atom. The Kier molecular flexibility index (Phi) is 0.759. The lowest BCUT2D eigenvalue weighted by Crippen LogP contribution is -1.85. The van der Waals surface area contributed by atoms with Gasteiger partial charge < -0.3 is 4.90 Å². The van der Waals surface area contributed by atoms with E-state index in [1.807, 2.05) is 0 Å². The van der Waals surface area contributed by atoms with Crippen molar-refractivity contribution in [3.8, 4) is 12.5 Å². The molecule has 2 heteroatoms. The number of terminal acetylenes is 1. The summed E-state index contributed by atoms with van der Waals surface area (Å²) in [6, 6.07) is 2.44. The van der Waals surface area contributed by atoms with Crippen molar-refractivity contribution in [1.29, 1.82) is 0 Å². The Bertz CT molecular complexity index is 123. The van der Waals surface area contributed by atoms with E-state index in [2.05, 4.69) is 17.8 Å². The quantitative estimate of drug-likeness (QED) is 0.252. The Hall–Kier alpha value is -0.970. The maximum Gasteiger partial charge on any atom is 0.145 e. The molecule has 1 saturated heterocycles. The van der Waals surface area contributed by atoms with Crippen LogP contribution in [0, 0.1) is 12.5 Å². The van der Waals surface area contributed by atoms with Gasteiger partial charge in [-0.3, -0.25) is 4.99 Å². The zero-order valence-electron chi connectivity index (χ0n) is 3.96. The van der Waals surface area contributed by atoms with Crippen molar-refractivity contribution in [1.82, 2.24) is 4.90 Å². The van der Waals surface area contributed by atoms with Gasteiger partial charge in [-0.15, -0.1) is 0 Å². The Morgan fingerprint density at radius 1 is 2.00 bits per heavy atom. The molecule has 0 aromatic rings. The molecule has 1 heterocycles. The van der Waals surface area contributed by atoms with E-state index in [4.69, 9.17) is 6.42 Å². The topological polar surface area (TPSA) is 15.4 Å². The van der Waals surface area contributed by atoms with E-state index < -0.39 is 0 Å². The number of hydrogen-bond donors (Lipinski definition) is 0. The van der Waals surface area contributed by atoms with Crippen LogP contribution >= 0.6 is 0 Å². The third-order valence-corrected chi connectivity index (χ3v) is 0.963. The first-order chi connectivity index (χ1) is 3.38. The van der Waals surface area contributed by atoms with Crippen LogP contribution in [0.5, 0.6) is 0 Å². The SMILES string of the molecule is C#CN1C[C@@H]1N=C. The Labute approximate surface area is 42.8 Å². The summed E-state index contributed by atoms with van der Waals surface area (Å²) < 4.78 is 0. The molecular weight excluding hydrogens is 88.1 g/mol. The van der Waals surface area contributed by atoms with Crippen LogP contribution in [-0.2, 0) is 0 Å². The average Bonchev–Trinajstić information content (AvgIpc) is 2.43. The van der Waals surface area contributed by atoms with Crippen molar-refractivity contribution in [2.75, 3.05) is 6.54 Å². The molecule has 2 nitrogen and oxygen atoms in total. The first-order valence-electron chi connectivity index (χ1n) is 2.07. The zero-order chi connectivity index (χ0) is 5.28. The Balaban J connectivity index is 2.34. The van der Waals surface area contributed by atoms with Crippen LogP contribution in [0.2, 0.25) is 0 Å². The van der Waals surface area contributed by atoms with Crippen LogP contribution in [-0.4, -0.2) is 24.3 Å². The number of nitrogens with zero attached hydrogens (tertiary/aromatic N) is 2. The summed E-state index contributed by atoms with van der Waals surface area (Å²) in [5.74, 6) is 0. The first-order valence-corrected chi connectivity index (χ1v) is 2.07. The van der Waals surface area contributed by atoms with Gasteiger partial charge in [-0.25, -0.2) is 0 Å². The van der Waals surface area contributed by atoms with Gasteiger partial charge in [-0.2, -0.15) is 0 Å². The highest BCUT2D eigenvalue weighted by molar-refractivity contribution is 5.26. The van der Waals surface area contributed by atoms with Gasteiger partial charge in [-0.1, -0.05) is 6.42 Å². The highest BCUT2D eigenvalue weighted by Gasteiger charge is 2.29. The molecule has 0 saturated carbocycles. The van der Waals surface area contributed by atoms with Crippen molar-refractivity contribution in [3.05, 3.63) is 0 Å². The minimum absolute atomic E-state index is 0.227. The third kappa shape index (κ3) is 0.566. The lowest BCUT2D eigenvalue weighted by atomic mass is 10.8. The molecule has 1 atom stereocenters. The second-order valence-electron chi connectivity index (χ2n) is 1.44. The van der Waals surface area contributed by atoms with E-state index in [0.717, 1.165) is 6.54 Å². The highest BCUT2D eigenvalue weighted by atomic mass is 15.4. The van der Waals surface area contributed by atoms with Crippen molar-refractivity contribution in [2.24, 2.45) is 4.99 Å². The van der Waals surface area contributed by atoms with Gasteiger partial charge in [0.15, 0.2) is 0 Å². The van der Waals surface area contributed by atoms with Gasteiger partial charge in [-0.05, 0) is 6.72 Å². The van der Waals surface area contributed by atoms with Crippen LogP contribution in [0.3, 0.4) is 0 Å². The van der Waals surface area contributed by atoms with Crippen LogP contribution in [0.25, 0.3) is 0 Å². The molecule has 0 N–H and O–H groups in total. The molecule has 0 radical (unpaired) electrons. The van der Waals surface area contributed by atoms with Crippen molar-refractivity contribution in [2.45, 2.75) is 6.17 Å². The van der Waals surface area contributed by atoms with Gasteiger partial charge >= 0.3 is 0 Å². The molecule has 0 amide bonds. The number of rotatable bonds is 1. The van der Waals surface area contributed by atoms with Crippen LogP contribution in [0.1, 0.15) is 0 Å². The predicted molar refractivity (Wildman–Crippen MR) is 28.9 cm³/mol. The standard InChI is InChI=1S/C5H6N2/c1-3-7-4-5(7)6-2/h1,5H,2,4H2/t5-,7?/m1/s1. The normalized spacial score (nSPS) is 26.1. The molecule has 1 fully saturated rings. The molecule has 7 heavy (non-hydrogen) atoms. The monoisotopic (exact) mass is 94.1 g/mol. The molecule has 0 aromatic carbocycles. The molecule has 1 aliphatic heterocycles. The van der Waals surface area contributed by atoms with E-state index in [0.29, 0.717) is 0 Å². The summed E-state index contributed by atoms with van der Waals surface area (Å²) in [4.78, 5) is 5.46. The van der Waals surface area contributed by atoms with Gasteiger partial charge in [0.1, 0.15) is 6.17 Å². The number of hydrogen-bond acceptors (Lipinski definition) is 2. The van der Waals surface area contributed by atoms with E-state index >= 15 is 0 Å². The maximum atomic E-state index is 4.99. The highest BCUT2D eigenvalue weighted by Crippen LogP contribution is 2.14. The summed E-state index contributed by atoms with van der Waals surface area (Å²) in [6.45, 7) is 4.22. The van der Waals surface area contributed by atoms with E-state index in [9.17, 15) is 0 Å². The molecular formula is C5H6N2. The fourth-order valence-electron chi connectivity index (χ4n) is 0.424. The molecule has 0 aliphatic carbocycles. The summed E-state index contributed by atoms with van der Waals surface area (Å²) >= 11 is 0. The van der Waals surface area contributed by atoms with E-state index in [-0.39, 0.29) is 6.17 Å². The average molecular weight is 94.1 g/mol.